The zero-order valence-corrected chi connectivity index (χ0v) is 6.79. The highest BCUT2D eigenvalue weighted by Crippen LogP contribution is 2.62. The summed E-state index contributed by atoms with van der Waals surface area (Å²) in [5.74, 6) is 0.665. The van der Waals surface area contributed by atoms with Gasteiger partial charge >= 0.3 is 0 Å². The van der Waals surface area contributed by atoms with E-state index < -0.39 is 0 Å². The Morgan fingerprint density at radius 1 is 1.64 bits per heavy atom. The lowest BCUT2D eigenvalue weighted by molar-refractivity contribution is -0.122. The second-order valence-corrected chi connectivity index (χ2v) is 4.12. The van der Waals surface area contributed by atoms with Crippen LogP contribution in [0.4, 0.5) is 0 Å². The standard InChI is InChI=1S/C8H13NO2/c1-8(2)5-4(3-10)9-7(11)6(5)8/h4-6,10H,3H2,1-2H3,(H,9,11)/t4-,5-,6?/m1/s1. The maximum atomic E-state index is 11.2. The minimum atomic E-state index is 0.0162. The third kappa shape index (κ3) is 0.692. The summed E-state index contributed by atoms with van der Waals surface area (Å²) in [6, 6.07) is 0.0162. The zero-order valence-electron chi connectivity index (χ0n) is 6.79. The Bertz CT molecular complexity index is 212. The summed E-state index contributed by atoms with van der Waals surface area (Å²) < 4.78 is 0. The highest BCUT2D eigenvalue weighted by Gasteiger charge is 2.68. The van der Waals surface area contributed by atoms with Crippen LogP contribution in [-0.2, 0) is 4.79 Å². The number of nitrogens with one attached hydrogen (secondary N) is 1. The Morgan fingerprint density at radius 2 is 2.27 bits per heavy atom. The summed E-state index contributed by atoms with van der Waals surface area (Å²) in [6.07, 6.45) is 0. The zero-order chi connectivity index (χ0) is 8.22. The summed E-state index contributed by atoms with van der Waals surface area (Å²) in [4.78, 5) is 11.2. The molecule has 0 aromatic carbocycles. The van der Waals surface area contributed by atoms with Crippen molar-refractivity contribution in [2.75, 3.05) is 6.61 Å². The Morgan fingerprint density at radius 3 is 2.55 bits per heavy atom. The summed E-state index contributed by atoms with van der Waals surface area (Å²) in [7, 11) is 0. The van der Waals surface area contributed by atoms with Crippen molar-refractivity contribution in [1.82, 2.24) is 5.32 Å². The lowest BCUT2D eigenvalue weighted by Gasteiger charge is -2.15. The van der Waals surface area contributed by atoms with E-state index in [0.29, 0.717) is 5.92 Å². The molecule has 2 N–H and O–H groups in total. The van der Waals surface area contributed by atoms with Crippen LogP contribution in [0.3, 0.4) is 0 Å². The van der Waals surface area contributed by atoms with Crippen LogP contribution >= 0.6 is 0 Å². The van der Waals surface area contributed by atoms with E-state index in [1.165, 1.54) is 0 Å². The van der Waals surface area contributed by atoms with E-state index in [4.69, 9.17) is 5.11 Å². The van der Waals surface area contributed by atoms with Gasteiger partial charge < -0.3 is 10.4 Å². The predicted octanol–water partition coefficient (Wildman–Crippen LogP) is -0.251. The molecule has 3 nitrogen and oxygen atoms in total. The maximum Gasteiger partial charge on any atom is 0.224 e. The molecule has 1 heterocycles. The molecule has 1 amide bonds. The minimum Gasteiger partial charge on any atom is -0.394 e. The second-order valence-electron chi connectivity index (χ2n) is 4.12. The second kappa shape index (κ2) is 1.78. The molecule has 1 unspecified atom stereocenters. The molecule has 0 aromatic rings. The molecular formula is C8H13NO2. The molecule has 0 spiro atoms. The van der Waals surface area contributed by atoms with Crippen molar-refractivity contribution in [2.24, 2.45) is 17.3 Å². The molecule has 0 aromatic heterocycles. The first-order valence-corrected chi connectivity index (χ1v) is 4.00. The molecular weight excluding hydrogens is 142 g/mol. The number of hydrogen-bond donors (Lipinski definition) is 2. The van der Waals surface area contributed by atoms with Crippen LogP contribution in [0.15, 0.2) is 0 Å². The van der Waals surface area contributed by atoms with Crippen LogP contribution in [0.2, 0.25) is 0 Å². The van der Waals surface area contributed by atoms with Gasteiger partial charge in [-0.25, -0.2) is 0 Å². The SMILES string of the molecule is CC1(C)C2C(=O)N[C@H](CO)[C@H]21. The van der Waals surface area contributed by atoms with Gasteiger partial charge in [0.05, 0.1) is 12.6 Å². The molecule has 3 heteroatoms. The van der Waals surface area contributed by atoms with Gasteiger partial charge in [-0.3, -0.25) is 4.79 Å². The summed E-state index contributed by atoms with van der Waals surface area (Å²) >= 11 is 0. The molecule has 2 fully saturated rings. The minimum absolute atomic E-state index is 0.0162. The van der Waals surface area contributed by atoms with Crippen LogP contribution in [0, 0.1) is 17.3 Å². The van der Waals surface area contributed by atoms with Crippen LogP contribution in [-0.4, -0.2) is 23.7 Å². The van der Waals surface area contributed by atoms with E-state index in [1.54, 1.807) is 0 Å². The normalized spacial score (nSPS) is 45.0. The first kappa shape index (κ1) is 7.10. The average Bonchev–Trinajstić information content (AvgIpc) is 2.37. The quantitative estimate of drug-likeness (QED) is 0.548. The molecule has 2 rings (SSSR count). The van der Waals surface area contributed by atoms with E-state index in [9.17, 15) is 4.79 Å². The monoisotopic (exact) mass is 155 g/mol. The van der Waals surface area contributed by atoms with Crippen molar-refractivity contribution in [2.45, 2.75) is 19.9 Å². The fourth-order valence-electron chi connectivity index (χ4n) is 2.45. The Balaban J connectivity index is 2.19. The number of carbonyl (C=O) groups is 1. The highest BCUT2D eigenvalue weighted by atomic mass is 16.3. The number of amides is 1. The summed E-state index contributed by atoms with van der Waals surface area (Å²) in [5, 5.41) is 11.7. The van der Waals surface area contributed by atoms with Gasteiger partial charge in [-0.05, 0) is 11.3 Å². The third-order valence-corrected chi connectivity index (χ3v) is 3.15. The first-order chi connectivity index (χ1) is 5.09. The molecule has 62 valence electrons. The van der Waals surface area contributed by atoms with Crippen LogP contribution in [0.25, 0.3) is 0 Å². The fourth-order valence-corrected chi connectivity index (χ4v) is 2.45. The van der Waals surface area contributed by atoms with Crippen molar-refractivity contribution >= 4 is 5.91 Å². The first-order valence-electron chi connectivity index (χ1n) is 4.00. The molecule has 1 saturated carbocycles. The average molecular weight is 155 g/mol. The molecule has 1 saturated heterocycles. The number of rotatable bonds is 1. The Hall–Kier alpha value is -0.570. The molecule has 2 aliphatic rings. The smallest absolute Gasteiger partial charge is 0.224 e. The highest BCUT2D eigenvalue weighted by molar-refractivity contribution is 5.86. The summed E-state index contributed by atoms with van der Waals surface area (Å²) in [5.41, 5.74) is 0.135. The largest absolute Gasteiger partial charge is 0.394 e. The third-order valence-electron chi connectivity index (χ3n) is 3.15. The van der Waals surface area contributed by atoms with Crippen molar-refractivity contribution in [3.05, 3.63) is 0 Å². The molecule has 1 aliphatic heterocycles. The van der Waals surface area contributed by atoms with Crippen LogP contribution < -0.4 is 5.32 Å². The molecule has 0 bridgehead atoms. The van der Waals surface area contributed by atoms with E-state index in [-0.39, 0.29) is 29.9 Å². The van der Waals surface area contributed by atoms with Crippen LogP contribution in [0.5, 0.6) is 0 Å². The van der Waals surface area contributed by atoms with Crippen molar-refractivity contribution in [1.29, 1.82) is 0 Å². The van der Waals surface area contributed by atoms with E-state index in [0.717, 1.165) is 0 Å². The lowest BCUT2D eigenvalue weighted by Crippen LogP contribution is -2.36. The van der Waals surface area contributed by atoms with Gasteiger partial charge in [0.2, 0.25) is 5.91 Å². The fraction of sp³-hybridized carbons (Fsp3) is 0.875. The number of hydrogen-bond acceptors (Lipinski definition) is 2. The topological polar surface area (TPSA) is 49.3 Å². The number of aliphatic hydroxyl groups excluding tert-OH is 1. The van der Waals surface area contributed by atoms with Gasteiger partial charge in [0.25, 0.3) is 0 Å². The van der Waals surface area contributed by atoms with Crippen molar-refractivity contribution in [3.8, 4) is 0 Å². The van der Waals surface area contributed by atoms with E-state index >= 15 is 0 Å². The van der Waals surface area contributed by atoms with Gasteiger partial charge in [0, 0.05) is 5.92 Å². The Kier molecular flexibility index (Phi) is 1.15. The molecule has 3 atom stereocenters. The van der Waals surface area contributed by atoms with Gasteiger partial charge in [0.15, 0.2) is 0 Å². The van der Waals surface area contributed by atoms with Gasteiger partial charge in [-0.1, -0.05) is 13.8 Å². The van der Waals surface area contributed by atoms with Crippen molar-refractivity contribution < 1.29 is 9.90 Å². The number of piperidine rings is 1. The maximum absolute atomic E-state index is 11.2. The molecule has 11 heavy (non-hydrogen) atoms. The van der Waals surface area contributed by atoms with Gasteiger partial charge in [-0.15, -0.1) is 0 Å². The lowest BCUT2D eigenvalue weighted by atomic mass is 10.0. The van der Waals surface area contributed by atoms with E-state index in [1.807, 2.05) is 0 Å². The van der Waals surface area contributed by atoms with E-state index in [2.05, 4.69) is 19.2 Å². The van der Waals surface area contributed by atoms with Crippen molar-refractivity contribution in [3.63, 3.8) is 0 Å². The number of fused-ring (bicyclic) bond motifs is 1. The summed E-state index contributed by atoms with van der Waals surface area (Å²) in [6.45, 7) is 4.25. The van der Waals surface area contributed by atoms with Gasteiger partial charge in [-0.2, -0.15) is 0 Å². The molecule has 0 radical (unpaired) electrons. The number of carbonyl (C=O) groups excluding carboxylic acids is 1. The predicted molar refractivity (Wildman–Crippen MR) is 39.8 cm³/mol. The Labute approximate surface area is 65.8 Å². The van der Waals surface area contributed by atoms with Crippen LogP contribution in [0.1, 0.15) is 13.8 Å². The number of aliphatic hydroxyl groups is 1. The van der Waals surface area contributed by atoms with Gasteiger partial charge in [0.1, 0.15) is 0 Å². The molecule has 1 aliphatic carbocycles.